The molecule has 4 N–H and O–H groups in total. The summed E-state index contributed by atoms with van der Waals surface area (Å²) in [6, 6.07) is 25.8. The van der Waals surface area contributed by atoms with Gasteiger partial charge in [-0.05, 0) is 58.0 Å². The highest BCUT2D eigenvalue weighted by Gasteiger charge is 2.13. The molecule has 0 saturated carbocycles. The maximum atomic E-state index is 11.8. The van der Waals surface area contributed by atoms with Crippen molar-refractivity contribution in [1.82, 2.24) is 5.32 Å². The number of nitrogens with one attached hydrogen (secondary N) is 1. The van der Waals surface area contributed by atoms with E-state index in [0.29, 0.717) is 13.1 Å². The smallest absolute Gasteiger partial charge is 0.244 e. The molecule has 4 heteroatoms. The highest BCUT2D eigenvalue weighted by atomic mass is 16.3. The van der Waals surface area contributed by atoms with Crippen LogP contribution in [0.3, 0.4) is 0 Å². The van der Waals surface area contributed by atoms with Gasteiger partial charge in [0.1, 0.15) is 5.75 Å². The van der Waals surface area contributed by atoms with Crippen molar-refractivity contribution in [3.05, 3.63) is 107 Å². The predicted molar refractivity (Wildman–Crippen MR) is 128 cm³/mol. The van der Waals surface area contributed by atoms with Crippen LogP contribution >= 0.6 is 0 Å². The number of aromatic hydroxyl groups is 1. The number of hydrogen-bond donors (Lipinski definition) is 3. The largest absolute Gasteiger partial charge is 0.508 e. The number of benzene rings is 3. The van der Waals surface area contributed by atoms with Gasteiger partial charge in [-0.15, -0.1) is 0 Å². The van der Waals surface area contributed by atoms with E-state index in [2.05, 4.69) is 36.5 Å². The maximum absolute atomic E-state index is 11.8. The molecule has 158 valence electrons. The van der Waals surface area contributed by atoms with Crippen LogP contribution in [-0.4, -0.2) is 24.1 Å². The van der Waals surface area contributed by atoms with Crippen molar-refractivity contribution in [3.8, 4) is 5.75 Å². The lowest BCUT2D eigenvalue weighted by Gasteiger charge is -2.16. The molecular formula is C27H28N2O2. The molecule has 4 nitrogen and oxygen atoms in total. The third-order valence-corrected chi connectivity index (χ3v) is 5.00. The van der Waals surface area contributed by atoms with Crippen LogP contribution < -0.4 is 11.1 Å². The number of hydrogen-bond acceptors (Lipinski definition) is 3. The fraction of sp³-hybridized carbons (Fsp3) is 0.148. The highest BCUT2D eigenvalue weighted by molar-refractivity contribution is 5.98. The lowest BCUT2D eigenvalue weighted by molar-refractivity contribution is -0.116. The molecule has 0 aromatic heterocycles. The third kappa shape index (κ3) is 5.93. The van der Waals surface area contributed by atoms with Gasteiger partial charge in [-0.3, -0.25) is 4.79 Å². The Balaban J connectivity index is 2.00. The van der Waals surface area contributed by atoms with Crippen molar-refractivity contribution >= 4 is 23.1 Å². The number of nitrogens with two attached hydrogens (primary N) is 1. The zero-order valence-corrected chi connectivity index (χ0v) is 17.7. The molecule has 1 amide bonds. The summed E-state index contributed by atoms with van der Waals surface area (Å²) >= 11 is 0. The Morgan fingerprint density at radius 1 is 0.903 bits per heavy atom. The molecule has 3 aromatic rings. The first-order chi connectivity index (χ1) is 15.1. The summed E-state index contributed by atoms with van der Waals surface area (Å²) in [5.74, 6) is 0.0887. The summed E-state index contributed by atoms with van der Waals surface area (Å²) in [7, 11) is 0. The van der Waals surface area contributed by atoms with Crippen LogP contribution in [-0.2, 0) is 4.79 Å². The van der Waals surface area contributed by atoms with E-state index in [1.54, 1.807) is 18.2 Å². The van der Waals surface area contributed by atoms with E-state index in [0.717, 1.165) is 28.7 Å². The maximum Gasteiger partial charge on any atom is 0.244 e. The van der Waals surface area contributed by atoms with Crippen LogP contribution in [0.25, 0.3) is 17.2 Å². The van der Waals surface area contributed by atoms with Crippen LogP contribution in [0, 0.1) is 0 Å². The minimum absolute atomic E-state index is 0.156. The molecule has 31 heavy (non-hydrogen) atoms. The Kier molecular flexibility index (Phi) is 7.79. The Labute approximate surface area is 183 Å². The van der Waals surface area contributed by atoms with Gasteiger partial charge < -0.3 is 16.2 Å². The minimum Gasteiger partial charge on any atom is -0.508 e. The topological polar surface area (TPSA) is 75.3 Å². The molecule has 3 aromatic carbocycles. The van der Waals surface area contributed by atoms with Crippen LogP contribution in [0.5, 0.6) is 5.75 Å². The minimum atomic E-state index is -0.156. The van der Waals surface area contributed by atoms with E-state index >= 15 is 0 Å². The SMILES string of the molecule is CCC(=C(c1ccc(O)cc1)c1ccc(C=CC(=O)NCCN)cc1)c1ccccc1. The van der Waals surface area contributed by atoms with E-state index in [1.807, 2.05) is 42.5 Å². The molecule has 0 aliphatic carbocycles. The molecule has 0 fully saturated rings. The lowest BCUT2D eigenvalue weighted by Crippen LogP contribution is -2.27. The molecule has 0 aliphatic heterocycles. The van der Waals surface area contributed by atoms with Crippen LogP contribution in [0.4, 0.5) is 0 Å². The molecule has 0 atom stereocenters. The van der Waals surface area contributed by atoms with Crippen molar-refractivity contribution in [1.29, 1.82) is 0 Å². The van der Waals surface area contributed by atoms with Crippen molar-refractivity contribution in [2.45, 2.75) is 13.3 Å². The first-order valence-corrected chi connectivity index (χ1v) is 10.5. The molecular weight excluding hydrogens is 384 g/mol. The second-order valence-electron chi connectivity index (χ2n) is 7.16. The fourth-order valence-electron chi connectivity index (χ4n) is 3.49. The summed E-state index contributed by atoms with van der Waals surface area (Å²) in [6.07, 6.45) is 4.17. The summed E-state index contributed by atoms with van der Waals surface area (Å²) in [6.45, 7) is 3.03. The van der Waals surface area contributed by atoms with Gasteiger partial charge in [-0.2, -0.15) is 0 Å². The number of carbonyl (C=O) groups is 1. The van der Waals surface area contributed by atoms with Crippen molar-refractivity contribution in [2.24, 2.45) is 5.73 Å². The Morgan fingerprint density at radius 2 is 1.52 bits per heavy atom. The molecule has 0 radical (unpaired) electrons. The summed E-state index contributed by atoms with van der Waals surface area (Å²) < 4.78 is 0. The second-order valence-corrected chi connectivity index (χ2v) is 7.16. The average Bonchev–Trinajstić information content (AvgIpc) is 2.81. The molecule has 0 bridgehead atoms. The standard InChI is InChI=1S/C27H28N2O2/c1-2-25(21-6-4-3-5-7-21)27(23-13-15-24(30)16-14-23)22-11-8-20(9-12-22)10-17-26(31)29-19-18-28/h3-17,30H,2,18-19,28H2,1H3,(H,29,31). The summed E-state index contributed by atoms with van der Waals surface area (Å²) in [4.78, 5) is 11.8. The summed E-state index contributed by atoms with van der Waals surface area (Å²) in [5.41, 5.74) is 12.0. The van der Waals surface area contributed by atoms with E-state index < -0.39 is 0 Å². The number of amides is 1. The van der Waals surface area contributed by atoms with Crippen molar-refractivity contribution in [2.75, 3.05) is 13.1 Å². The Hall–Kier alpha value is -3.63. The van der Waals surface area contributed by atoms with Gasteiger partial charge in [0, 0.05) is 19.2 Å². The van der Waals surface area contributed by atoms with Gasteiger partial charge >= 0.3 is 0 Å². The quantitative estimate of drug-likeness (QED) is 0.366. The zero-order valence-electron chi connectivity index (χ0n) is 17.7. The fourth-order valence-corrected chi connectivity index (χ4v) is 3.49. The van der Waals surface area contributed by atoms with Gasteiger partial charge in [-0.1, -0.05) is 73.7 Å². The molecule has 0 aliphatic rings. The summed E-state index contributed by atoms with van der Waals surface area (Å²) in [5, 5.41) is 12.5. The molecule has 0 spiro atoms. The van der Waals surface area contributed by atoms with Crippen LogP contribution in [0.15, 0.2) is 84.9 Å². The number of phenols is 1. The molecule has 0 heterocycles. The molecule has 0 unspecified atom stereocenters. The van der Waals surface area contributed by atoms with Gasteiger partial charge in [0.15, 0.2) is 0 Å². The van der Waals surface area contributed by atoms with E-state index in [-0.39, 0.29) is 11.7 Å². The monoisotopic (exact) mass is 412 g/mol. The van der Waals surface area contributed by atoms with Crippen molar-refractivity contribution < 1.29 is 9.90 Å². The number of rotatable bonds is 8. The second kappa shape index (κ2) is 11.0. The van der Waals surface area contributed by atoms with Crippen LogP contribution in [0.1, 0.15) is 35.6 Å². The first kappa shape index (κ1) is 22.1. The van der Waals surface area contributed by atoms with Crippen molar-refractivity contribution in [3.63, 3.8) is 0 Å². The lowest BCUT2D eigenvalue weighted by atomic mass is 9.88. The zero-order chi connectivity index (χ0) is 22.1. The highest BCUT2D eigenvalue weighted by Crippen LogP contribution is 2.35. The van der Waals surface area contributed by atoms with E-state index in [1.165, 1.54) is 17.2 Å². The average molecular weight is 413 g/mol. The third-order valence-electron chi connectivity index (χ3n) is 5.00. The van der Waals surface area contributed by atoms with E-state index in [9.17, 15) is 9.90 Å². The Morgan fingerprint density at radius 3 is 2.10 bits per heavy atom. The predicted octanol–water partition coefficient (Wildman–Crippen LogP) is 4.85. The van der Waals surface area contributed by atoms with Gasteiger partial charge in [0.05, 0.1) is 0 Å². The molecule has 3 rings (SSSR count). The van der Waals surface area contributed by atoms with Crippen LogP contribution in [0.2, 0.25) is 0 Å². The number of phenolic OH excluding ortho intramolecular Hbond substituents is 1. The van der Waals surface area contributed by atoms with E-state index in [4.69, 9.17) is 5.73 Å². The Bertz CT molecular complexity index is 1050. The number of carbonyl (C=O) groups excluding carboxylic acids is 1. The van der Waals surface area contributed by atoms with Gasteiger partial charge in [0.25, 0.3) is 0 Å². The van der Waals surface area contributed by atoms with Gasteiger partial charge in [0.2, 0.25) is 5.91 Å². The normalized spacial score (nSPS) is 11.9. The van der Waals surface area contributed by atoms with Gasteiger partial charge in [-0.25, -0.2) is 0 Å². The number of allylic oxidation sites excluding steroid dienone is 1. The first-order valence-electron chi connectivity index (χ1n) is 10.5. The molecule has 0 saturated heterocycles.